The van der Waals surface area contributed by atoms with Crippen LogP contribution in [0.3, 0.4) is 0 Å². The van der Waals surface area contributed by atoms with Crippen molar-refractivity contribution < 1.29 is 9.59 Å². The van der Waals surface area contributed by atoms with E-state index in [0.717, 1.165) is 16.6 Å². The highest BCUT2D eigenvalue weighted by atomic mass is 16.2. The van der Waals surface area contributed by atoms with Gasteiger partial charge in [-0.05, 0) is 39.0 Å². The molecular weight excluding hydrogens is 354 g/mol. The Morgan fingerprint density at radius 3 is 2.75 bits per heavy atom. The number of pyridine rings is 1. The lowest BCUT2D eigenvalue weighted by molar-refractivity contribution is -0.129. The van der Waals surface area contributed by atoms with Crippen LogP contribution in [0.2, 0.25) is 0 Å². The first kappa shape index (κ1) is 18.2. The number of benzene rings is 1. The second-order valence-corrected chi connectivity index (χ2v) is 7.48. The molecule has 0 radical (unpaired) electrons. The van der Waals surface area contributed by atoms with E-state index in [-0.39, 0.29) is 30.2 Å². The van der Waals surface area contributed by atoms with Crippen molar-refractivity contribution in [2.45, 2.75) is 33.2 Å². The lowest BCUT2D eigenvalue weighted by Gasteiger charge is -2.20. The minimum absolute atomic E-state index is 0.0241. The first-order chi connectivity index (χ1) is 13.4. The van der Waals surface area contributed by atoms with Crippen molar-refractivity contribution in [3.8, 4) is 5.82 Å². The number of aryl methyl sites for hydroxylation is 1. The number of anilines is 1. The summed E-state index contributed by atoms with van der Waals surface area (Å²) in [7, 11) is 0. The molecule has 2 aromatic heterocycles. The van der Waals surface area contributed by atoms with Gasteiger partial charge in [0.25, 0.3) is 0 Å². The number of fused-ring (bicyclic) bond motifs is 1. The largest absolute Gasteiger partial charge is 0.339 e. The van der Waals surface area contributed by atoms with E-state index in [4.69, 9.17) is 0 Å². The number of aromatic nitrogens is 3. The molecule has 1 fully saturated rings. The van der Waals surface area contributed by atoms with E-state index in [0.29, 0.717) is 18.2 Å². The highest BCUT2D eigenvalue weighted by molar-refractivity contribution is 5.97. The maximum Gasteiger partial charge on any atom is 0.230 e. The molecule has 2 amide bonds. The molecule has 0 saturated carbocycles. The summed E-state index contributed by atoms with van der Waals surface area (Å²) in [5.41, 5.74) is 1.64. The van der Waals surface area contributed by atoms with Crippen molar-refractivity contribution in [2.24, 2.45) is 5.92 Å². The van der Waals surface area contributed by atoms with Gasteiger partial charge in [0.15, 0.2) is 5.82 Å². The minimum Gasteiger partial charge on any atom is -0.339 e. The Balaban J connectivity index is 1.59. The molecule has 0 aliphatic carbocycles. The number of amides is 2. The zero-order valence-corrected chi connectivity index (χ0v) is 16.2. The van der Waals surface area contributed by atoms with Crippen molar-refractivity contribution in [1.82, 2.24) is 19.7 Å². The number of hydrogen-bond donors (Lipinski definition) is 1. The molecule has 144 valence electrons. The van der Waals surface area contributed by atoms with E-state index in [9.17, 15) is 9.59 Å². The summed E-state index contributed by atoms with van der Waals surface area (Å²) in [6.07, 6.45) is 0.241. The summed E-state index contributed by atoms with van der Waals surface area (Å²) < 4.78 is 1.64. The van der Waals surface area contributed by atoms with Gasteiger partial charge in [-0.2, -0.15) is 9.78 Å². The van der Waals surface area contributed by atoms with E-state index >= 15 is 0 Å². The van der Waals surface area contributed by atoms with E-state index in [1.807, 2.05) is 63.2 Å². The summed E-state index contributed by atoms with van der Waals surface area (Å²) in [5, 5.41) is 8.47. The fourth-order valence-corrected chi connectivity index (χ4v) is 3.57. The van der Waals surface area contributed by atoms with Crippen molar-refractivity contribution >= 4 is 28.5 Å². The third-order valence-electron chi connectivity index (χ3n) is 5.04. The van der Waals surface area contributed by atoms with Crippen LogP contribution in [0.1, 0.15) is 26.0 Å². The van der Waals surface area contributed by atoms with E-state index < -0.39 is 0 Å². The van der Waals surface area contributed by atoms with Crippen LogP contribution in [0.25, 0.3) is 16.7 Å². The predicted molar refractivity (Wildman–Crippen MR) is 107 cm³/mol. The Morgan fingerprint density at radius 1 is 1.21 bits per heavy atom. The fraction of sp³-hybridized carbons (Fsp3) is 0.333. The van der Waals surface area contributed by atoms with Gasteiger partial charge in [0, 0.05) is 30.5 Å². The number of hydrogen-bond acceptors (Lipinski definition) is 4. The zero-order chi connectivity index (χ0) is 19.8. The van der Waals surface area contributed by atoms with Crippen LogP contribution >= 0.6 is 0 Å². The number of nitrogens with one attached hydrogen (secondary N) is 1. The first-order valence-corrected chi connectivity index (χ1v) is 9.45. The highest BCUT2D eigenvalue weighted by Crippen LogP contribution is 2.24. The summed E-state index contributed by atoms with van der Waals surface area (Å²) in [6.45, 7) is 6.24. The number of likely N-dealkylation sites (tertiary alicyclic amines) is 1. The molecule has 0 spiro atoms. The van der Waals surface area contributed by atoms with E-state index in [2.05, 4.69) is 15.4 Å². The summed E-state index contributed by atoms with van der Waals surface area (Å²) in [5.74, 6) is 0.687. The van der Waals surface area contributed by atoms with Crippen LogP contribution in [0, 0.1) is 12.8 Å². The highest BCUT2D eigenvalue weighted by Gasteiger charge is 2.35. The Morgan fingerprint density at radius 2 is 2.00 bits per heavy atom. The van der Waals surface area contributed by atoms with Gasteiger partial charge in [-0.15, -0.1) is 0 Å². The van der Waals surface area contributed by atoms with Crippen molar-refractivity contribution in [3.63, 3.8) is 0 Å². The molecule has 28 heavy (non-hydrogen) atoms. The van der Waals surface area contributed by atoms with Crippen LogP contribution in [0.15, 0.2) is 42.5 Å². The molecule has 1 atom stereocenters. The molecule has 3 aromatic rings. The molecule has 4 rings (SSSR count). The Hall–Kier alpha value is -3.22. The smallest absolute Gasteiger partial charge is 0.230 e. The molecule has 1 aromatic carbocycles. The summed E-state index contributed by atoms with van der Waals surface area (Å²) >= 11 is 0. The standard InChI is InChI=1S/C21H23N5O2/c1-13(2)25-12-16(11-20(25)27)21(28)23-19-10-14(3)24-26(19)18-9-8-15-6-4-5-7-17(15)22-18/h4-10,13,16H,11-12H2,1-3H3,(H,23,28). The van der Waals surface area contributed by atoms with Gasteiger partial charge in [-0.1, -0.05) is 18.2 Å². The SMILES string of the molecule is Cc1cc(NC(=O)C2CC(=O)N(C(C)C)C2)n(-c2ccc3ccccc3n2)n1. The molecular formula is C21H23N5O2. The van der Waals surface area contributed by atoms with Crippen LogP contribution in [-0.4, -0.2) is 44.1 Å². The van der Waals surface area contributed by atoms with Crippen LogP contribution in [0.4, 0.5) is 5.82 Å². The minimum atomic E-state index is -0.358. The lowest BCUT2D eigenvalue weighted by Crippen LogP contribution is -2.33. The number of carbonyl (C=O) groups excluding carboxylic acids is 2. The van der Waals surface area contributed by atoms with Crippen molar-refractivity contribution in [2.75, 3.05) is 11.9 Å². The Labute approximate surface area is 163 Å². The van der Waals surface area contributed by atoms with Gasteiger partial charge in [0.2, 0.25) is 11.8 Å². The van der Waals surface area contributed by atoms with Crippen LogP contribution in [0.5, 0.6) is 0 Å². The van der Waals surface area contributed by atoms with Gasteiger partial charge >= 0.3 is 0 Å². The first-order valence-electron chi connectivity index (χ1n) is 9.45. The fourth-order valence-electron chi connectivity index (χ4n) is 3.57. The molecule has 3 heterocycles. The van der Waals surface area contributed by atoms with E-state index in [1.165, 1.54) is 0 Å². The second-order valence-electron chi connectivity index (χ2n) is 7.48. The summed E-state index contributed by atoms with van der Waals surface area (Å²) in [4.78, 5) is 31.3. The zero-order valence-electron chi connectivity index (χ0n) is 16.2. The average molecular weight is 377 g/mol. The van der Waals surface area contributed by atoms with Crippen LogP contribution in [-0.2, 0) is 9.59 Å². The average Bonchev–Trinajstić information content (AvgIpc) is 3.24. The van der Waals surface area contributed by atoms with Gasteiger partial charge in [0.05, 0.1) is 17.1 Å². The normalized spacial score (nSPS) is 16.9. The number of rotatable bonds is 4. The van der Waals surface area contributed by atoms with Crippen LogP contribution < -0.4 is 5.32 Å². The van der Waals surface area contributed by atoms with Crippen molar-refractivity contribution in [1.29, 1.82) is 0 Å². The van der Waals surface area contributed by atoms with Gasteiger partial charge < -0.3 is 10.2 Å². The maximum absolute atomic E-state index is 12.8. The molecule has 7 heteroatoms. The monoisotopic (exact) mass is 377 g/mol. The Kier molecular flexibility index (Phi) is 4.58. The lowest BCUT2D eigenvalue weighted by atomic mass is 10.1. The molecule has 1 aliphatic rings. The summed E-state index contributed by atoms with van der Waals surface area (Å²) in [6, 6.07) is 13.6. The predicted octanol–water partition coefficient (Wildman–Crippen LogP) is 2.92. The number of carbonyl (C=O) groups is 2. The second kappa shape index (κ2) is 7.07. The molecule has 1 N–H and O–H groups in total. The maximum atomic E-state index is 12.8. The number of para-hydroxylation sites is 1. The molecule has 1 unspecified atom stereocenters. The molecule has 7 nitrogen and oxygen atoms in total. The third-order valence-corrected chi connectivity index (χ3v) is 5.04. The van der Waals surface area contributed by atoms with Gasteiger partial charge in [0.1, 0.15) is 5.82 Å². The molecule has 0 bridgehead atoms. The topological polar surface area (TPSA) is 80.1 Å². The van der Waals surface area contributed by atoms with Gasteiger partial charge in [-0.25, -0.2) is 4.98 Å². The van der Waals surface area contributed by atoms with Gasteiger partial charge in [-0.3, -0.25) is 9.59 Å². The molecule has 1 saturated heterocycles. The number of nitrogens with zero attached hydrogens (tertiary/aromatic N) is 4. The van der Waals surface area contributed by atoms with E-state index in [1.54, 1.807) is 9.58 Å². The third kappa shape index (κ3) is 3.35. The van der Waals surface area contributed by atoms with Crippen molar-refractivity contribution in [3.05, 3.63) is 48.2 Å². The quantitative estimate of drug-likeness (QED) is 0.758. The molecule has 1 aliphatic heterocycles. The Bertz CT molecular complexity index is 1060.